The van der Waals surface area contributed by atoms with Gasteiger partial charge in [0.1, 0.15) is 5.82 Å². The van der Waals surface area contributed by atoms with Crippen molar-refractivity contribution in [2.24, 2.45) is 5.73 Å². The molecule has 3 N–H and O–H groups in total. The minimum absolute atomic E-state index is 0.119. The molecule has 0 saturated carbocycles. The minimum atomic E-state index is -0.119. The van der Waals surface area contributed by atoms with Crippen LogP contribution in [0.25, 0.3) is 11.3 Å². The minimum Gasteiger partial charge on any atom is -0.345 e. The predicted molar refractivity (Wildman–Crippen MR) is 80.2 cm³/mol. The Morgan fingerprint density at radius 2 is 1.84 bits per heavy atom. The highest BCUT2D eigenvalue weighted by atomic mass is 15.0. The fourth-order valence-electron chi connectivity index (χ4n) is 2.06. The molecule has 19 heavy (non-hydrogen) atoms. The Morgan fingerprint density at radius 1 is 1.21 bits per heavy atom. The first-order valence-electron chi connectivity index (χ1n) is 6.84. The second-order valence-corrected chi connectivity index (χ2v) is 5.70. The highest BCUT2D eigenvalue weighted by Crippen LogP contribution is 2.26. The van der Waals surface area contributed by atoms with Gasteiger partial charge in [-0.1, -0.05) is 45.0 Å². The predicted octanol–water partition coefficient (Wildman–Crippen LogP) is 3.18. The zero-order valence-electron chi connectivity index (χ0n) is 12.2. The Balaban J connectivity index is 2.40. The van der Waals surface area contributed by atoms with Gasteiger partial charge in [-0.25, -0.2) is 4.98 Å². The molecule has 3 heteroatoms. The van der Waals surface area contributed by atoms with Gasteiger partial charge in [0.25, 0.3) is 0 Å². The molecule has 1 aromatic carbocycles. The van der Waals surface area contributed by atoms with Crippen LogP contribution < -0.4 is 5.73 Å². The smallest absolute Gasteiger partial charge is 0.113 e. The summed E-state index contributed by atoms with van der Waals surface area (Å²) < 4.78 is 0. The highest BCUT2D eigenvalue weighted by Gasteiger charge is 2.23. The number of rotatable bonds is 4. The van der Waals surface area contributed by atoms with Gasteiger partial charge < -0.3 is 10.7 Å². The maximum atomic E-state index is 5.81. The van der Waals surface area contributed by atoms with Gasteiger partial charge in [0.05, 0.1) is 5.69 Å². The van der Waals surface area contributed by atoms with Gasteiger partial charge in [-0.15, -0.1) is 0 Å². The van der Waals surface area contributed by atoms with Crippen molar-refractivity contribution in [3.05, 3.63) is 41.3 Å². The van der Waals surface area contributed by atoms with E-state index >= 15 is 0 Å². The van der Waals surface area contributed by atoms with Crippen molar-refractivity contribution in [3.63, 3.8) is 0 Å². The van der Waals surface area contributed by atoms with Crippen molar-refractivity contribution in [2.75, 3.05) is 6.54 Å². The summed E-state index contributed by atoms with van der Waals surface area (Å²) in [6.45, 7) is 9.02. The van der Waals surface area contributed by atoms with Crippen LogP contribution in [0, 0.1) is 6.92 Å². The van der Waals surface area contributed by atoms with Crippen molar-refractivity contribution >= 4 is 0 Å². The number of nitrogens with two attached hydrogens (primary N) is 1. The van der Waals surface area contributed by atoms with Crippen LogP contribution in [0.4, 0.5) is 0 Å². The van der Waals surface area contributed by atoms with Crippen molar-refractivity contribution in [1.82, 2.24) is 9.97 Å². The summed E-state index contributed by atoms with van der Waals surface area (Å²) in [5.41, 5.74) is 10.3. The monoisotopic (exact) mass is 257 g/mol. The van der Waals surface area contributed by atoms with E-state index < -0.39 is 0 Å². The molecule has 0 bridgehead atoms. The standard InChI is InChI=1S/C16H23N3/c1-5-12-6-8-13(9-7-12)14-11(2)18-15(19-14)16(3,4)10-17/h6-9H,5,10,17H2,1-4H3,(H,18,19). The van der Waals surface area contributed by atoms with E-state index in [1.54, 1.807) is 0 Å². The Morgan fingerprint density at radius 3 is 2.37 bits per heavy atom. The van der Waals surface area contributed by atoms with E-state index in [9.17, 15) is 0 Å². The Kier molecular flexibility index (Phi) is 3.76. The van der Waals surface area contributed by atoms with Crippen LogP contribution in [-0.4, -0.2) is 16.5 Å². The zero-order chi connectivity index (χ0) is 14.0. The van der Waals surface area contributed by atoms with Gasteiger partial charge in [0.2, 0.25) is 0 Å². The molecule has 0 radical (unpaired) electrons. The molecule has 0 unspecified atom stereocenters. The molecule has 0 aliphatic carbocycles. The molecule has 0 saturated heterocycles. The number of H-pyrrole nitrogens is 1. The van der Waals surface area contributed by atoms with E-state index in [4.69, 9.17) is 10.7 Å². The van der Waals surface area contributed by atoms with Gasteiger partial charge in [0.15, 0.2) is 0 Å². The summed E-state index contributed by atoms with van der Waals surface area (Å²) in [6, 6.07) is 8.61. The number of nitrogens with one attached hydrogen (secondary N) is 1. The summed E-state index contributed by atoms with van der Waals surface area (Å²) in [7, 11) is 0. The maximum absolute atomic E-state index is 5.81. The van der Waals surface area contributed by atoms with Gasteiger partial charge in [-0.3, -0.25) is 0 Å². The molecule has 0 atom stereocenters. The van der Waals surface area contributed by atoms with E-state index in [0.29, 0.717) is 6.54 Å². The zero-order valence-corrected chi connectivity index (χ0v) is 12.2. The largest absolute Gasteiger partial charge is 0.345 e. The number of aromatic nitrogens is 2. The molecule has 0 amide bonds. The number of aromatic amines is 1. The number of imidazole rings is 1. The molecule has 0 aliphatic rings. The number of hydrogen-bond donors (Lipinski definition) is 2. The number of aryl methyl sites for hydroxylation is 2. The van der Waals surface area contributed by atoms with Gasteiger partial charge in [-0.2, -0.15) is 0 Å². The lowest BCUT2D eigenvalue weighted by atomic mass is 9.93. The molecular formula is C16H23N3. The molecule has 0 fully saturated rings. The first-order valence-corrected chi connectivity index (χ1v) is 6.84. The Labute approximate surface area is 115 Å². The second-order valence-electron chi connectivity index (χ2n) is 5.70. The van der Waals surface area contributed by atoms with Gasteiger partial charge >= 0.3 is 0 Å². The average Bonchev–Trinajstić information content (AvgIpc) is 2.82. The number of nitrogens with zero attached hydrogens (tertiary/aromatic N) is 1. The molecule has 1 heterocycles. The number of hydrogen-bond acceptors (Lipinski definition) is 2. The van der Waals surface area contributed by atoms with E-state index in [2.05, 4.69) is 56.9 Å². The molecule has 0 aliphatic heterocycles. The Hall–Kier alpha value is -1.61. The molecule has 2 rings (SSSR count). The number of benzene rings is 1. The summed E-state index contributed by atoms with van der Waals surface area (Å²) in [5.74, 6) is 0.960. The normalized spacial score (nSPS) is 11.8. The van der Waals surface area contributed by atoms with Crippen LogP contribution in [-0.2, 0) is 11.8 Å². The van der Waals surface area contributed by atoms with Crippen LogP contribution >= 0.6 is 0 Å². The van der Waals surface area contributed by atoms with Gasteiger partial charge in [-0.05, 0) is 18.9 Å². The molecule has 3 nitrogen and oxygen atoms in total. The van der Waals surface area contributed by atoms with Crippen molar-refractivity contribution < 1.29 is 0 Å². The van der Waals surface area contributed by atoms with Crippen LogP contribution in [0.2, 0.25) is 0 Å². The third kappa shape index (κ3) is 2.71. The lowest BCUT2D eigenvalue weighted by molar-refractivity contribution is 0.507. The van der Waals surface area contributed by atoms with Crippen molar-refractivity contribution in [3.8, 4) is 11.3 Å². The van der Waals surface area contributed by atoms with Crippen LogP contribution in [0.3, 0.4) is 0 Å². The third-order valence-corrected chi connectivity index (χ3v) is 3.67. The quantitative estimate of drug-likeness (QED) is 0.883. The SMILES string of the molecule is CCc1ccc(-c2nc(C(C)(C)CN)[nH]c2C)cc1. The van der Waals surface area contributed by atoms with Crippen molar-refractivity contribution in [1.29, 1.82) is 0 Å². The third-order valence-electron chi connectivity index (χ3n) is 3.67. The van der Waals surface area contributed by atoms with Gasteiger partial charge in [0, 0.05) is 23.2 Å². The van der Waals surface area contributed by atoms with E-state index in [0.717, 1.165) is 29.2 Å². The lowest BCUT2D eigenvalue weighted by Gasteiger charge is -2.18. The fraction of sp³-hybridized carbons (Fsp3) is 0.438. The first kappa shape index (κ1) is 13.8. The first-order chi connectivity index (χ1) is 8.97. The Bertz CT molecular complexity index is 550. The van der Waals surface area contributed by atoms with E-state index in [1.807, 2.05) is 0 Å². The van der Waals surface area contributed by atoms with Crippen LogP contribution in [0.15, 0.2) is 24.3 Å². The van der Waals surface area contributed by atoms with Crippen LogP contribution in [0.1, 0.15) is 37.9 Å². The summed E-state index contributed by atoms with van der Waals surface area (Å²) >= 11 is 0. The highest BCUT2D eigenvalue weighted by molar-refractivity contribution is 5.62. The average molecular weight is 257 g/mol. The molecule has 2 aromatic rings. The summed E-state index contributed by atoms with van der Waals surface area (Å²) in [4.78, 5) is 8.11. The van der Waals surface area contributed by atoms with E-state index in [1.165, 1.54) is 5.56 Å². The van der Waals surface area contributed by atoms with E-state index in [-0.39, 0.29) is 5.41 Å². The van der Waals surface area contributed by atoms with Crippen LogP contribution in [0.5, 0.6) is 0 Å². The molecule has 1 aromatic heterocycles. The molecular weight excluding hydrogens is 234 g/mol. The molecule has 102 valence electrons. The topological polar surface area (TPSA) is 54.7 Å². The maximum Gasteiger partial charge on any atom is 0.113 e. The fourth-order valence-corrected chi connectivity index (χ4v) is 2.06. The molecule has 0 spiro atoms. The van der Waals surface area contributed by atoms with Crippen molar-refractivity contribution in [2.45, 2.75) is 39.5 Å². The summed E-state index contributed by atoms with van der Waals surface area (Å²) in [6.07, 6.45) is 1.06. The lowest BCUT2D eigenvalue weighted by Crippen LogP contribution is -2.29. The summed E-state index contributed by atoms with van der Waals surface area (Å²) in [5, 5.41) is 0. The second kappa shape index (κ2) is 5.17.